The van der Waals surface area contributed by atoms with E-state index in [-0.39, 0.29) is 5.41 Å². The summed E-state index contributed by atoms with van der Waals surface area (Å²) in [4.78, 5) is 24.5. The number of hydrogen-bond acceptors (Lipinski definition) is 3. The molecule has 3 rings (SSSR count). The highest BCUT2D eigenvalue weighted by Gasteiger charge is 2.46. The summed E-state index contributed by atoms with van der Waals surface area (Å²) in [6.45, 7) is 2.24. The number of anilines is 1. The van der Waals surface area contributed by atoms with Crippen LogP contribution >= 0.6 is 0 Å². The molecule has 2 heterocycles. The summed E-state index contributed by atoms with van der Waals surface area (Å²) in [7, 11) is 0. The van der Waals surface area contributed by atoms with Crippen molar-refractivity contribution in [1.29, 1.82) is 0 Å². The van der Waals surface area contributed by atoms with Gasteiger partial charge in [0.15, 0.2) is 0 Å². The van der Waals surface area contributed by atoms with Crippen molar-refractivity contribution in [3.05, 3.63) is 29.3 Å². The van der Waals surface area contributed by atoms with Gasteiger partial charge in [-0.05, 0) is 36.7 Å². The predicted octanol–water partition coefficient (Wildman–Crippen LogP) is -0.0847. The molecule has 2 aliphatic heterocycles. The van der Waals surface area contributed by atoms with E-state index in [1.807, 2.05) is 0 Å². The minimum Gasteiger partial charge on any atom is -0.366 e. The Balaban J connectivity index is 2.14. The molecule has 5 N–H and O–H groups in total. The van der Waals surface area contributed by atoms with Gasteiger partial charge in [-0.15, -0.1) is 0 Å². The van der Waals surface area contributed by atoms with Crippen molar-refractivity contribution in [2.45, 2.75) is 11.8 Å². The van der Waals surface area contributed by atoms with E-state index in [4.69, 9.17) is 11.5 Å². The molecule has 6 nitrogen and oxygen atoms in total. The van der Waals surface area contributed by atoms with E-state index < -0.39 is 11.9 Å². The molecular weight excluding hydrogens is 244 g/mol. The Kier molecular flexibility index (Phi) is 2.50. The molecule has 0 bridgehead atoms. The van der Waals surface area contributed by atoms with E-state index in [1.54, 1.807) is 23.1 Å². The Bertz CT molecular complexity index is 564. The predicted molar refractivity (Wildman–Crippen MR) is 71.1 cm³/mol. The number of benzene rings is 1. The van der Waals surface area contributed by atoms with Gasteiger partial charge in [-0.3, -0.25) is 9.69 Å². The van der Waals surface area contributed by atoms with Gasteiger partial charge < -0.3 is 16.8 Å². The average molecular weight is 260 g/mol. The van der Waals surface area contributed by atoms with Gasteiger partial charge in [0.05, 0.1) is 0 Å². The van der Waals surface area contributed by atoms with Gasteiger partial charge in [-0.2, -0.15) is 0 Å². The Morgan fingerprint density at radius 1 is 1.32 bits per heavy atom. The number of hydrogen-bond donors (Lipinski definition) is 3. The first-order chi connectivity index (χ1) is 9.03. The van der Waals surface area contributed by atoms with Crippen LogP contribution in [0.4, 0.5) is 10.5 Å². The number of primary amides is 2. The molecule has 1 aromatic carbocycles. The molecule has 1 aromatic rings. The van der Waals surface area contributed by atoms with Crippen molar-refractivity contribution in [1.82, 2.24) is 5.32 Å². The van der Waals surface area contributed by atoms with Crippen LogP contribution in [0.1, 0.15) is 22.3 Å². The second kappa shape index (κ2) is 3.96. The van der Waals surface area contributed by atoms with Gasteiger partial charge in [0, 0.05) is 29.8 Å². The largest absolute Gasteiger partial charge is 0.366 e. The molecule has 3 amide bonds. The Morgan fingerprint density at radius 2 is 2.11 bits per heavy atom. The maximum atomic E-state index is 11.6. The fourth-order valence-electron chi connectivity index (χ4n) is 3.13. The van der Waals surface area contributed by atoms with Crippen LogP contribution < -0.4 is 21.7 Å². The van der Waals surface area contributed by atoms with Crippen molar-refractivity contribution in [3.8, 4) is 0 Å². The SMILES string of the molecule is NC(=O)c1ccc2c(c1)C1(CCNC1)CN2C(N)=O. The first-order valence-corrected chi connectivity index (χ1v) is 6.25. The van der Waals surface area contributed by atoms with Crippen LogP contribution in [0, 0.1) is 0 Å². The van der Waals surface area contributed by atoms with E-state index in [1.165, 1.54) is 0 Å². The quantitative estimate of drug-likeness (QED) is 0.658. The number of rotatable bonds is 1. The molecule has 19 heavy (non-hydrogen) atoms. The third-order valence-electron chi connectivity index (χ3n) is 4.11. The van der Waals surface area contributed by atoms with Crippen LogP contribution in [-0.2, 0) is 5.41 Å². The number of nitrogens with two attached hydrogens (primary N) is 2. The first kappa shape index (κ1) is 12.0. The number of nitrogens with one attached hydrogen (secondary N) is 1. The molecule has 0 radical (unpaired) electrons. The standard InChI is InChI=1S/C13H16N4O2/c14-11(18)8-1-2-10-9(5-8)13(3-4-16-6-13)7-17(10)12(15)19/h1-2,5,16H,3-4,6-7H2,(H2,14,18)(H2,15,19). The maximum absolute atomic E-state index is 11.6. The third kappa shape index (κ3) is 1.67. The molecule has 1 saturated heterocycles. The smallest absolute Gasteiger partial charge is 0.319 e. The Labute approximate surface area is 110 Å². The molecule has 1 unspecified atom stereocenters. The zero-order valence-corrected chi connectivity index (χ0v) is 10.5. The van der Waals surface area contributed by atoms with Crippen LogP contribution in [-0.4, -0.2) is 31.6 Å². The third-order valence-corrected chi connectivity index (χ3v) is 4.11. The van der Waals surface area contributed by atoms with E-state index in [0.717, 1.165) is 30.8 Å². The van der Waals surface area contributed by atoms with E-state index >= 15 is 0 Å². The highest BCUT2D eigenvalue weighted by atomic mass is 16.2. The summed E-state index contributed by atoms with van der Waals surface area (Å²) in [6, 6.07) is 4.73. The molecule has 1 fully saturated rings. The molecule has 0 aliphatic carbocycles. The van der Waals surface area contributed by atoms with Crippen LogP contribution in [0.25, 0.3) is 0 Å². The highest BCUT2D eigenvalue weighted by Crippen LogP contribution is 2.44. The summed E-state index contributed by atoms with van der Waals surface area (Å²) in [5, 5.41) is 3.31. The molecule has 100 valence electrons. The van der Waals surface area contributed by atoms with Crippen molar-refractivity contribution in [3.63, 3.8) is 0 Å². The second-order valence-corrected chi connectivity index (χ2v) is 5.23. The van der Waals surface area contributed by atoms with Gasteiger partial charge in [0.1, 0.15) is 0 Å². The lowest BCUT2D eigenvalue weighted by Crippen LogP contribution is -2.40. The molecular formula is C13H16N4O2. The van der Waals surface area contributed by atoms with Crippen LogP contribution in [0.5, 0.6) is 0 Å². The van der Waals surface area contributed by atoms with Gasteiger partial charge in [-0.1, -0.05) is 0 Å². The normalized spacial score (nSPS) is 24.7. The molecule has 1 spiro atoms. The number of carbonyl (C=O) groups is 2. The molecule has 0 aromatic heterocycles. The minimum atomic E-state index is -0.461. The maximum Gasteiger partial charge on any atom is 0.319 e. The lowest BCUT2D eigenvalue weighted by Gasteiger charge is -2.23. The Hall–Kier alpha value is -2.08. The summed E-state index contributed by atoms with van der Waals surface area (Å²) in [5.74, 6) is -0.457. The monoisotopic (exact) mass is 260 g/mol. The van der Waals surface area contributed by atoms with Crippen molar-refractivity contribution < 1.29 is 9.59 Å². The summed E-state index contributed by atoms with van der Waals surface area (Å²) >= 11 is 0. The number of urea groups is 1. The van der Waals surface area contributed by atoms with Gasteiger partial charge >= 0.3 is 6.03 Å². The minimum absolute atomic E-state index is 0.143. The van der Waals surface area contributed by atoms with Crippen LogP contribution in [0.15, 0.2) is 18.2 Å². The topological polar surface area (TPSA) is 101 Å². The van der Waals surface area contributed by atoms with E-state index in [0.29, 0.717) is 12.1 Å². The van der Waals surface area contributed by atoms with Crippen molar-refractivity contribution in [2.75, 3.05) is 24.5 Å². The molecule has 1 atom stereocenters. The molecule has 2 aliphatic rings. The Morgan fingerprint density at radius 3 is 2.68 bits per heavy atom. The van der Waals surface area contributed by atoms with Crippen molar-refractivity contribution in [2.24, 2.45) is 11.5 Å². The van der Waals surface area contributed by atoms with E-state index in [9.17, 15) is 9.59 Å². The van der Waals surface area contributed by atoms with Gasteiger partial charge in [-0.25, -0.2) is 4.79 Å². The van der Waals surface area contributed by atoms with Crippen LogP contribution in [0.3, 0.4) is 0 Å². The summed E-state index contributed by atoms with van der Waals surface area (Å²) in [6.07, 6.45) is 0.923. The molecule has 0 saturated carbocycles. The highest BCUT2D eigenvalue weighted by molar-refractivity contribution is 5.97. The molecule has 6 heteroatoms. The number of amides is 3. The zero-order valence-electron chi connectivity index (χ0n) is 10.5. The lowest BCUT2D eigenvalue weighted by atomic mass is 9.81. The zero-order chi connectivity index (χ0) is 13.6. The average Bonchev–Trinajstić information content (AvgIpc) is 2.96. The van der Waals surface area contributed by atoms with E-state index in [2.05, 4.69) is 5.32 Å². The number of carbonyl (C=O) groups excluding carboxylic acids is 2. The summed E-state index contributed by atoms with van der Waals surface area (Å²) < 4.78 is 0. The van der Waals surface area contributed by atoms with Gasteiger partial charge in [0.2, 0.25) is 5.91 Å². The fraction of sp³-hybridized carbons (Fsp3) is 0.385. The first-order valence-electron chi connectivity index (χ1n) is 6.25. The van der Waals surface area contributed by atoms with Crippen molar-refractivity contribution >= 4 is 17.6 Å². The summed E-state index contributed by atoms with van der Waals surface area (Å²) in [5.41, 5.74) is 12.9. The fourth-order valence-corrected chi connectivity index (χ4v) is 3.13. The second-order valence-electron chi connectivity index (χ2n) is 5.23. The van der Waals surface area contributed by atoms with Crippen LogP contribution in [0.2, 0.25) is 0 Å². The number of nitrogens with zero attached hydrogens (tertiary/aromatic N) is 1. The lowest BCUT2D eigenvalue weighted by molar-refractivity contribution is 0.1000. The number of fused-ring (bicyclic) bond motifs is 2. The van der Waals surface area contributed by atoms with Gasteiger partial charge in [0.25, 0.3) is 0 Å².